The van der Waals surface area contributed by atoms with Crippen LogP contribution in [0, 0.1) is 0 Å². The fourth-order valence-corrected chi connectivity index (χ4v) is 2.34. The Balaban J connectivity index is 0.000000598. The van der Waals surface area contributed by atoms with Gasteiger partial charge in [0.2, 0.25) is 0 Å². The summed E-state index contributed by atoms with van der Waals surface area (Å²) >= 11 is 0. The molecular weight excluding hydrogens is 254 g/mol. The second-order valence-corrected chi connectivity index (χ2v) is 3.78. The molecule has 1 heterocycles. The maximum Gasteiger partial charge on any atom is 0.0491 e. The van der Waals surface area contributed by atoms with Crippen molar-refractivity contribution in [2.24, 2.45) is 0 Å². The van der Waals surface area contributed by atoms with E-state index in [4.69, 9.17) is 0 Å². The molecular formula is C20H31N. The van der Waals surface area contributed by atoms with Crippen LogP contribution in [0.25, 0.3) is 21.8 Å². The molecule has 21 heavy (non-hydrogen) atoms. The zero-order valence-electron chi connectivity index (χ0n) is 14.8. The number of hydrogen-bond donors (Lipinski definition) is 0. The first-order valence-electron chi connectivity index (χ1n) is 8.38. The van der Waals surface area contributed by atoms with Crippen LogP contribution in [0.3, 0.4) is 0 Å². The van der Waals surface area contributed by atoms with Gasteiger partial charge in [0.25, 0.3) is 0 Å². The molecule has 0 aliphatic heterocycles. The molecule has 116 valence electrons. The lowest BCUT2D eigenvalue weighted by atomic mass is 10.2. The highest BCUT2D eigenvalue weighted by molar-refractivity contribution is 6.07. The fourth-order valence-electron chi connectivity index (χ4n) is 2.34. The summed E-state index contributed by atoms with van der Waals surface area (Å²) in [5.74, 6) is 0. The average molecular weight is 285 g/mol. The third-order valence-corrected chi connectivity index (χ3v) is 3.00. The van der Waals surface area contributed by atoms with Gasteiger partial charge in [0.15, 0.2) is 0 Å². The molecule has 0 spiro atoms. The van der Waals surface area contributed by atoms with Gasteiger partial charge in [-0.3, -0.25) is 0 Å². The van der Waals surface area contributed by atoms with Crippen molar-refractivity contribution in [2.45, 2.75) is 55.0 Å². The summed E-state index contributed by atoms with van der Waals surface area (Å²) in [5, 5.41) is 2.71. The number of rotatable bonds is 1. The quantitative estimate of drug-likeness (QED) is 0.458. The first-order chi connectivity index (χ1) is 10.4. The molecule has 3 rings (SSSR count). The van der Waals surface area contributed by atoms with Crippen LogP contribution >= 0.6 is 0 Å². The van der Waals surface area contributed by atoms with Crippen molar-refractivity contribution in [2.75, 3.05) is 0 Å². The van der Waals surface area contributed by atoms with Gasteiger partial charge in [-0.15, -0.1) is 0 Å². The van der Waals surface area contributed by atoms with E-state index in [0.29, 0.717) is 0 Å². The first-order valence-corrected chi connectivity index (χ1v) is 8.38. The summed E-state index contributed by atoms with van der Waals surface area (Å²) in [6.07, 6.45) is 0. The van der Waals surface area contributed by atoms with E-state index in [2.05, 4.69) is 60.0 Å². The van der Waals surface area contributed by atoms with Gasteiger partial charge in [0, 0.05) is 28.4 Å². The smallest absolute Gasteiger partial charge is 0.0491 e. The van der Waals surface area contributed by atoms with Gasteiger partial charge in [0.05, 0.1) is 0 Å². The molecule has 0 fully saturated rings. The second-order valence-electron chi connectivity index (χ2n) is 3.78. The van der Waals surface area contributed by atoms with Gasteiger partial charge in [-0.2, -0.15) is 0 Å². The molecule has 0 aliphatic rings. The van der Waals surface area contributed by atoms with E-state index in [1.807, 2.05) is 41.5 Å². The van der Waals surface area contributed by atoms with Crippen molar-refractivity contribution < 1.29 is 0 Å². The summed E-state index contributed by atoms with van der Waals surface area (Å²) in [7, 11) is 0. The molecule has 1 heteroatoms. The van der Waals surface area contributed by atoms with E-state index >= 15 is 0 Å². The third-order valence-electron chi connectivity index (χ3n) is 3.00. The number of hydrogen-bond acceptors (Lipinski definition) is 0. The van der Waals surface area contributed by atoms with Crippen LogP contribution in [0.4, 0.5) is 0 Å². The van der Waals surface area contributed by atoms with Crippen molar-refractivity contribution >= 4 is 21.8 Å². The highest BCUT2D eigenvalue weighted by Crippen LogP contribution is 2.28. The minimum absolute atomic E-state index is 1.02. The molecule has 0 bridgehead atoms. The van der Waals surface area contributed by atoms with Crippen LogP contribution in [-0.4, -0.2) is 4.57 Å². The summed E-state index contributed by atoms with van der Waals surface area (Å²) in [4.78, 5) is 0. The molecule has 1 nitrogen and oxygen atoms in total. The number of fused-ring (bicyclic) bond motifs is 3. The van der Waals surface area contributed by atoms with Crippen molar-refractivity contribution in [3.8, 4) is 0 Å². The zero-order chi connectivity index (χ0) is 16.3. The maximum absolute atomic E-state index is 2.37. The monoisotopic (exact) mass is 285 g/mol. The summed E-state index contributed by atoms with van der Waals surface area (Å²) < 4.78 is 2.37. The summed E-state index contributed by atoms with van der Waals surface area (Å²) in [6.45, 7) is 15.2. The highest BCUT2D eigenvalue weighted by atomic mass is 15.0. The Kier molecular flexibility index (Phi) is 10.0. The number of aromatic nitrogens is 1. The zero-order valence-corrected chi connectivity index (χ0v) is 14.8. The van der Waals surface area contributed by atoms with Crippen LogP contribution < -0.4 is 0 Å². The van der Waals surface area contributed by atoms with Crippen LogP contribution in [0.1, 0.15) is 48.5 Å². The molecule has 0 unspecified atom stereocenters. The van der Waals surface area contributed by atoms with Crippen LogP contribution in [0.5, 0.6) is 0 Å². The molecule has 0 saturated carbocycles. The van der Waals surface area contributed by atoms with Crippen LogP contribution in [0.2, 0.25) is 0 Å². The van der Waals surface area contributed by atoms with Gasteiger partial charge in [-0.1, -0.05) is 77.9 Å². The standard InChI is InChI=1S/C14H13N.3C2H6/c1-2-15-13-9-5-3-7-11(13)12-8-4-6-10-14(12)15;3*1-2/h3-10H,2H2,1H3;3*1-2H3. The Morgan fingerprint density at radius 3 is 1.29 bits per heavy atom. The Bertz CT molecular complexity index is 567. The Morgan fingerprint density at radius 1 is 0.619 bits per heavy atom. The molecule has 0 aliphatic carbocycles. The van der Waals surface area contributed by atoms with E-state index in [-0.39, 0.29) is 0 Å². The molecule has 2 aromatic carbocycles. The molecule has 0 radical (unpaired) electrons. The lowest BCUT2D eigenvalue weighted by molar-refractivity contribution is 0.827. The van der Waals surface area contributed by atoms with E-state index < -0.39 is 0 Å². The Labute approximate surface area is 130 Å². The Morgan fingerprint density at radius 2 is 0.952 bits per heavy atom. The van der Waals surface area contributed by atoms with Crippen molar-refractivity contribution in [3.63, 3.8) is 0 Å². The van der Waals surface area contributed by atoms with Crippen molar-refractivity contribution in [1.82, 2.24) is 4.57 Å². The molecule has 0 N–H and O–H groups in total. The van der Waals surface area contributed by atoms with Gasteiger partial charge < -0.3 is 4.57 Å². The molecule has 0 saturated heterocycles. The number of para-hydroxylation sites is 2. The second kappa shape index (κ2) is 11.0. The predicted octanol–water partition coefficient (Wildman–Crippen LogP) is 6.89. The van der Waals surface area contributed by atoms with Crippen LogP contribution in [0.15, 0.2) is 48.5 Å². The van der Waals surface area contributed by atoms with Gasteiger partial charge in [-0.25, -0.2) is 0 Å². The summed E-state index contributed by atoms with van der Waals surface area (Å²) in [5.41, 5.74) is 2.67. The average Bonchev–Trinajstić information content (AvgIpc) is 2.94. The van der Waals surface area contributed by atoms with Crippen molar-refractivity contribution in [3.05, 3.63) is 48.5 Å². The van der Waals surface area contributed by atoms with Gasteiger partial charge in [-0.05, 0) is 19.1 Å². The number of aryl methyl sites for hydroxylation is 1. The lowest BCUT2D eigenvalue weighted by Gasteiger charge is -2.01. The number of nitrogens with zero attached hydrogens (tertiary/aromatic N) is 1. The lowest BCUT2D eigenvalue weighted by Crippen LogP contribution is -1.91. The predicted molar refractivity (Wildman–Crippen MR) is 99.2 cm³/mol. The Hall–Kier alpha value is -1.76. The molecule has 3 aromatic rings. The van der Waals surface area contributed by atoms with E-state index in [0.717, 1.165) is 6.54 Å². The number of benzene rings is 2. The van der Waals surface area contributed by atoms with Crippen molar-refractivity contribution in [1.29, 1.82) is 0 Å². The maximum atomic E-state index is 2.37. The normalized spacial score (nSPS) is 8.90. The SMILES string of the molecule is CC.CC.CC.CCn1c2ccccc2c2ccccc21. The molecule has 0 atom stereocenters. The van der Waals surface area contributed by atoms with E-state index in [9.17, 15) is 0 Å². The molecule has 0 amide bonds. The fraction of sp³-hybridized carbons (Fsp3) is 0.400. The minimum atomic E-state index is 1.02. The minimum Gasteiger partial charge on any atom is -0.341 e. The third kappa shape index (κ3) is 4.10. The van der Waals surface area contributed by atoms with E-state index in [1.165, 1.54) is 21.8 Å². The van der Waals surface area contributed by atoms with E-state index in [1.54, 1.807) is 0 Å². The summed E-state index contributed by atoms with van der Waals surface area (Å²) in [6, 6.07) is 17.2. The largest absolute Gasteiger partial charge is 0.341 e. The molecule has 1 aromatic heterocycles. The first kappa shape index (κ1) is 19.2. The van der Waals surface area contributed by atoms with Gasteiger partial charge >= 0.3 is 0 Å². The highest BCUT2D eigenvalue weighted by Gasteiger charge is 2.06. The topological polar surface area (TPSA) is 4.93 Å². The van der Waals surface area contributed by atoms with Crippen LogP contribution in [-0.2, 0) is 6.54 Å². The van der Waals surface area contributed by atoms with Gasteiger partial charge in [0.1, 0.15) is 0 Å².